The topological polar surface area (TPSA) is 21.3 Å². The van der Waals surface area contributed by atoms with Crippen molar-refractivity contribution in [2.24, 2.45) is 0 Å². The van der Waals surface area contributed by atoms with Crippen molar-refractivity contribution in [1.29, 1.82) is 0 Å². The average Bonchev–Trinajstić information content (AvgIpc) is 2.52. The zero-order valence-corrected chi connectivity index (χ0v) is 12.4. The Bertz CT molecular complexity index is 376. The Kier molecular flexibility index (Phi) is 6.82. The molecule has 1 saturated carbocycles. The molecule has 110 valence electrons. The third-order valence-electron chi connectivity index (χ3n) is 4.11. The van der Waals surface area contributed by atoms with Gasteiger partial charge in [-0.05, 0) is 30.7 Å². The first kappa shape index (κ1) is 15.3. The fraction of sp³-hybridized carbons (Fsp3) is 0.556. The van der Waals surface area contributed by atoms with Gasteiger partial charge in [0.15, 0.2) is 0 Å². The maximum Gasteiger partial charge on any atom is 0.0591 e. The van der Waals surface area contributed by atoms with Crippen LogP contribution in [-0.4, -0.2) is 25.8 Å². The summed E-state index contributed by atoms with van der Waals surface area (Å²) in [5, 5.41) is 3.70. The minimum atomic E-state index is 0.606. The summed E-state index contributed by atoms with van der Waals surface area (Å²) in [7, 11) is 0. The summed E-state index contributed by atoms with van der Waals surface area (Å²) >= 11 is 0. The van der Waals surface area contributed by atoms with Crippen LogP contribution < -0.4 is 5.32 Å². The van der Waals surface area contributed by atoms with Crippen molar-refractivity contribution in [3.63, 3.8) is 0 Å². The number of hydrogen-bond donors (Lipinski definition) is 1. The molecule has 0 amide bonds. The van der Waals surface area contributed by atoms with Crippen LogP contribution >= 0.6 is 0 Å². The van der Waals surface area contributed by atoms with E-state index in [1.54, 1.807) is 0 Å². The third-order valence-corrected chi connectivity index (χ3v) is 4.11. The summed E-state index contributed by atoms with van der Waals surface area (Å²) in [6.07, 6.45) is 8.13. The molecule has 2 rings (SSSR count). The van der Waals surface area contributed by atoms with E-state index < -0.39 is 0 Å². The van der Waals surface area contributed by atoms with E-state index in [9.17, 15) is 0 Å². The van der Waals surface area contributed by atoms with Crippen LogP contribution in [0.3, 0.4) is 0 Å². The van der Waals surface area contributed by atoms with Gasteiger partial charge in [0, 0.05) is 12.6 Å². The summed E-state index contributed by atoms with van der Waals surface area (Å²) in [6.45, 7) is 6.24. The Hall–Kier alpha value is -1.12. The molecule has 0 heterocycles. The molecule has 0 aromatic heterocycles. The molecule has 2 atom stereocenters. The van der Waals surface area contributed by atoms with E-state index in [-0.39, 0.29) is 0 Å². The van der Waals surface area contributed by atoms with Crippen LogP contribution in [0.4, 0.5) is 0 Å². The first-order valence-electron chi connectivity index (χ1n) is 7.89. The number of hydrogen-bond acceptors (Lipinski definition) is 2. The van der Waals surface area contributed by atoms with E-state index in [1.165, 1.54) is 31.2 Å². The van der Waals surface area contributed by atoms with Crippen LogP contribution in [0.2, 0.25) is 0 Å². The van der Waals surface area contributed by atoms with Crippen LogP contribution in [0.25, 0.3) is 0 Å². The maximum atomic E-state index is 5.57. The summed E-state index contributed by atoms with van der Waals surface area (Å²) in [4.78, 5) is 0. The Morgan fingerprint density at radius 3 is 2.75 bits per heavy atom. The highest BCUT2D eigenvalue weighted by Gasteiger charge is 2.25. The highest BCUT2D eigenvalue weighted by Crippen LogP contribution is 2.32. The first-order chi connectivity index (χ1) is 9.92. The van der Waals surface area contributed by atoms with Gasteiger partial charge >= 0.3 is 0 Å². The van der Waals surface area contributed by atoms with Gasteiger partial charge in [0.2, 0.25) is 0 Å². The fourth-order valence-corrected chi connectivity index (χ4v) is 3.06. The van der Waals surface area contributed by atoms with Crippen molar-refractivity contribution in [1.82, 2.24) is 5.32 Å². The van der Waals surface area contributed by atoms with Gasteiger partial charge in [-0.25, -0.2) is 0 Å². The second kappa shape index (κ2) is 8.93. The van der Waals surface area contributed by atoms with E-state index in [1.807, 2.05) is 6.08 Å². The van der Waals surface area contributed by atoms with Crippen LogP contribution in [0, 0.1) is 0 Å². The fourth-order valence-electron chi connectivity index (χ4n) is 3.06. The molecule has 1 fully saturated rings. The molecule has 20 heavy (non-hydrogen) atoms. The Labute approximate surface area is 123 Å². The molecule has 2 heteroatoms. The summed E-state index contributed by atoms with van der Waals surface area (Å²) in [5.41, 5.74) is 1.48. The van der Waals surface area contributed by atoms with E-state index in [2.05, 4.69) is 42.2 Å². The molecule has 2 unspecified atom stereocenters. The van der Waals surface area contributed by atoms with Gasteiger partial charge in [0.1, 0.15) is 0 Å². The summed E-state index contributed by atoms with van der Waals surface area (Å²) in [6, 6.07) is 11.5. The first-order valence-corrected chi connectivity index (χ1v) is 7.89. The van der Waals surface area contributed by atoms with E-state index in [4.69, 9.17) is 4.74 Å². The second-order valence-corrected chi connectivity index (χ2v) is 5.55. The number of ether oxygens (including phenoxy) is 1. The van der Waals surface area contributed by atoms with Gasteiger partial charge in [-0.1, -0.05) is 49.2 Å². The molecule has 0 radical (unpaired) electrons. The molecular weight excluding hydrogens is 246 g/mol. The molecule has 2 nitrogen and oxygen atoms in total. The van der Waals surface area contributed by atoms with Crippen molar-refractivity contribution >= 4 is 0 Å². The molecular formula is C18H27NO. The largest absolute Gasteiger partial charge is 0.380 e. The Morgan fingerprint density at radius 1 is 1.15 bits per heavy atom. The predicted molar refractivity (Wildman–Crippen MR) is 85.1 cm³/mol. The third kappa shape index (κ3) is 4.77. The Morgan fingerprint density at radius 2 is 1.95 bits per heavy atom. The van der Waals surface area contributed by atoms with E-state index >= 15 is 0 Å². The molecule has 0 bridgehead atoms. The van der Waals surface area contributed by atoms with Gasteiger partial charge in [-0.2, -0.15) is 0 Å². The zero-order chi connectivity index (χ0) is 14.0. The normalized spacial score (nSPS) is 22.6. The van der Waals surface area contributed by atoms with Crippen molar-refractivity contribution in [3.8, 4) is 0 Å². The monoisotopic (exact) mass is 273 g/mol. The van der Waals surface area contributed by atoms with Crippen LogP contribution in [0.1, 0.15) is 43.6 Å². The second-order valence-electron chi connectivity index (χ2n) is 5.55. The highest BCUT2D eigenvalue weighted by atomic mass is 16.5. The zero-order valence-electron chi connectivity index (χ0n) is 12.4. The smallest absolute Gasteiger partial charge is 0.0591 e. The van der Waals surface area contributed by atoms with E-state index in [0.29, 0.717) is 12.0 Å². The van der Waals surface area contributed by atoms with Gasteiger partial charge in [0.05, 0.1) is 13.2 Å². The lowest BCUT2D eigenvalue weighted by molar-refractivity contribution is 0.135. The lowest BCUT2D eigenvalue weighted by Gasteiger charge is -2.32. The van der Waals surface area contributed by atoms with Gasteiger partial charge in [-0.15, -0.1) is 6.58 Å². The highest BCUT2D eigenvalue weighted by molar-refractivity contribution is 5.21. The van der Waals surface area contributed by atoms with Crippen molar-refractivity contribution in [3.05, 3.63) is 48.6 Å². The average molecular weight is 273 g/mol. The Balaban J connectivity index is 1.77. The van der Waals surface area contributed by atoms with E-state index in [0.717, 1.165) is 26.2 Å². The molecule has 1 aliphatic carbocycles. The summed E-state index contributed by atoms with van der Waals surface area (Å²) < 4.78 is 5.57. The molecule has 1 N–H and O–H groups in total. The quantitative estimate of drug-likeness (QED) is 0.573. The van der Waals surface area contributed by atoms with Crippen LogP contribution in [0.15, 0.2) is 43.0 Å². The van der Waals surface area contributed by atoms with Crippen molar-refractivity contribution < 1.29 is 4.74 Å². The molecule has 1 aromatic carbocycles. The predicted octanol–water partition coefficient (Wildman–Crippen LogP) is 3.90. The van der Waals surface area contributed by atoms with Gasteiger partial charge < -0.3 is 10.1 Å². The van der Waals surface area contributed by atoms with Crippen LogP contribution in [-0.2, 0) is 4.74 Å². The summed E-state index contributed by atoms with van der Waals surface area (Å²) in [5.74, 6) is 0.665. The molecule has 1 aromatic rings. The van der Waals surface area contributed by atoms with Crippen LogP contribution in [0.5, 0.6) is 0 Å². The lowest BCUT2D eigenvalue weighted by Crippen LogP contribution is -2.39. The number of benzene rings is 1. The minimum absolute atomic E-state index is 0.606. The standard InChI is InChI=1S/C18H27NO/c1-2-3-14-20-15-13-19-18-12-8-7-11-17(18)16-9-5-4-6-10-16/h2,4-6,9-10,17-19H,1,3,7-8,11-15H2. The van der Waals surface area contributed by atoms with Gasteiger partial charge in [0.25, 0.3) is 0 Å². The van der Waals surface area contributed by atoms with Crippen molar-refractivity contribution in [2.75, 3.05) is 19.8 Å². The maximum absolute atomic E-state index is 5.57. The molecule has 1 aliphatic rings. The minimum Gasteiger partial charge on any atom is -0.380 e. The SMILES string of the molecule is C=CCCOCCNC1CCCCC1c1ccccc1. The number of nitrogens with one attached hydrogen (secondary N) is 1. The van der Waals surface area contributed by atoms with Gasteiger partial charge in [-0.3, -0.25) is 0 Å². The molecule has 0 saturated heterocycles. The lowest BCUT2D eigenvalue weighted by atomic mass is 9.80. The van der Waals surface area contributed by atoms with Crippen molar-refractivity contribution in [2.45, 2.75) is 44.1 Å². The molecule has 0 aliphatic heterocycles. The molecule has 0 spiro atoms. The number of rotatable bonds is 8.